The minimum Gasteiger partial charge on any atom is -0.511 e. The number of esters is 1. The lowest BCUT2D eigenvalue weighted by molar-refractivity contribution is -0.161. The van der Waals surface area contributed by atoms with Crippen LogP contribution in [0.2, 0.25) is 0 Å². The molecular formula is C18H22O3S. The summed E-state index contributed by atoms with van der Waals surface area (Å²) in [7, 11) is 0. The zero-order valence-electron chi connectivity index (χ0n) is 13.1. The van der Waals surface area contributed by atoms with Gasteiger partial charge < -0.3 is 9.84 Å². The van der Waals surface area contributed by atoms with Crippen LogP contribution in [0.15, 0.2) is 33.8 Å². The number of ether oxygens (including phenoxy) is 1. The number of benzene rings is 1. The van der Waals surface area contributed by atoms with E-state index in [0.717, 1.165) is 41.7 Å². The van der Waals surface area contributed by atoms with E-state index in [1.54, 1.807) is 0 Å². The zero-order valence-corrected chi connectivity index (χ0v) is 14.0. The SMILES string of the molecule is Cc1ccc(C)c(SC2=C(O)CC3(CCCCC3)OC2=O)c1. The van der Waals surface area contributed by atoms with Crippen LogP contribution in [0.4, 0.5) is 0 Å². The van der Waals surface area contributed by atoms with Crippen molar-refractivity contribution in [3.05, 3.63) is 40.0 Å². The third kappa shape index (κ3) is 3.02. The van der Waals surface area contributed by atoms with Crippen LogP contribution in [0.1, 0.15) is 49.7 Å². The summed E-state index contributed by atoms with van der Waals surface area (Å²) in [6, 6.07) is 6.12. The average molecular weight is 318 g/mol. The van der Waals surface area contributed by atoms with E-state index in [-0.39, 0.29) is 11.7 Å². The van der Waals surface area contributed by atoms with Gasteiger partial charge in [-0.25, -0.2) is 4.79 Å². The van der Waals surface area contributed by atoms with Crippen LogP contribution in [0.25, 0.3) is 0 Å². The average Bonchev–Trinajstić information content (AvgIpc) is 2.47. The maximum Gasteiger partial charge on any atom is 0.349 e. The number of hydrogen-bond donors (Lipinski definition) is 1. The van der Waals surface area contributed by atoms with Gasteiger partial charge in [-0.2, -0.15) is 0 Å². The first-order valence-electron chi connectivity index (χ1n) is 7.90. The summed E-state index contributed by atoms with van der Waals surface area (Å²) in [4.78, 5) is 13.8. The lowest BCUT2D eigenvalue weighted by atomic mass is 9.81. The van der Waals surface area contributed by atoms with Crippen LogP contribution in [-0.2, 0) is 9.53 Å². The highest BCUT2D eigenvalue weighted by atomic mass is 32.2. The van der Waals surface area contributed by atoms with E-state index in [4.69, 9.17) is 4.74 Å². The second-order valence-corrected chi connectivity index (χ2v) is 7.51. The van der Waals surface area contributed by atoms with Gasteiger partial charge in [0.2, 0.25) is 0 Å². The van der Waals surface area contributed by atoms with Gasteiger partial charge in [0.05, 0.1) is 0 Å². The van der Waals surface area contributed by atoms with Gasteiger partial charge in [0.15, 0.2) is 0 Å². The molecule has 0 amide bonds. The zero-order chi connectivity index (χ0) is 15.7. The highest BCUT2D eigenvalue weighted by Crippen LogP contribution is 2.44. The molecule has 3 rings (SSSR count). The molecule has 0 aromatic heterocycles. The monoisotopic (exact) mass is 318 g/mol. The Kier molecular flexibility index (Phi) is 4.22. The van der Waals surface area contributed by atoms with Crippen molar-refractivity contribution in [2.75, 3.05) is 0 Å². The number of rotatable bonds is 2. The van der Waals surface area contributed by atoms with Gasteiger partial charge in [0.25, 0.3) is 0 Å². The van der Waals surface area contributed by atoms with Gasteiger partial charge in [0.1, 0.15) is 16.3 Å². The summed E-state index contributed by atoms with van der Waals surface area (Å²) in [6.07, 6.45) is 5.52. The van der Waals surface area contributed by atoms with Crippen molar-refractivity contribution in [3.63, 3.8) is 0 Å². The van der Waals surface area contributed by atoms with E-state index >= 15 is 0 Å². The van der Waals surface area contributed by atoms with E-state index in [1.807, 2.05) is 32.0 Å². The fourth-order valence-electron chi connectivity index (χ4n) is 3.29. The smallest absolute Gasteiger partial charge is 0.349 e. The molecular weight excluding hydrogens is 296 g/mol. The summed E-state index contributed by atoms with van der Waals surface area (Å²) in [5.41, 5.74) is 1.79. The highest BCUT2D eigenvalue weighted by Gasteiger charge is 2.42. The Labute approximate surface area is 135 Å². The van der Waals surface area contributed by atoms with Crippen molar-refractivity contribution in [2.24, 2.45) is 0 Å². The first-order chi connectivity index (χ1) is 10.5. The standard InChI is InChI=1S/C18H22O3S/c1-12-6-7-13(2)15(10-12)22-16-14(19)11-18(21-17(16)20)8-4-3-5-9-18/h6-7,10,19H,3-5,8-9,11H2,1-2H3. The Morgan fingerprint density at radius 2 is 1.91 bits per heavy atom. The van der Waals surface area contributed by atoms with Gasteiger partial charge >= 0.3 is 5.97 Å². The van der Waals surface area contributed by atoms with Crippen molar-refractivity contribution in [1.29, 1.82) is 0 Å². The number of aliphatic hydroxyl groups is 1. The molecule has 0 atom stereocenters. The summed E-state index contributed by atoms with van der Waals surface area (Å²) in [5, 5.41) is 10.4. The van der Waals surface area contributed by atoms with Gasteiger partial charge in [-0.05, 0) is 56.7 Å². The predicted octanol–water partition coefficient (Wildman–Crippen LogP) is 4.81. The molecule has 1 aromatic rings. The molecule has 22 heavy (non-hydrogen) atoms. The summed E-state index contributed by atoms with van der Waals surface area (Å²) in [6.45, 7) is 4.03. The lowest BCUT2D eigenvalue weighted by Crippen LogP contribution is -2.41. The van der Waals surface area contributed by atoms with Crippen molar-refractivity contribution in [3.8, 4) is 0 Å². The predicted molar refractivity (Wildman–Crippen MR) is 88.0 cm³/mol. The Morgan fingerprint density at radius 1 is 1.18 bits per heavy atom. The van der Waals surface area contributed by atoms with Crippen molar-refractivity contribution in [2.45, 2.75) is 62.9 Å². The Balaban J connectivity index is 1.85. The normalized spacial score (nSPS) is 21.1. The molecule has 2 aliphatic rings. The molecule has 1 aromatic carbocycles. The fourth-order valence-corrected chi connectivity index (χ4v) is 4.29. The van der Waals surface area contributed by atoms with Gasteiger partial charge in [-0.1, -0.05) is 30.3 Å². The van der Waals surface area contributed by atoms with Gasteiger partial charge in [-0.3, -0.25) is 0 Å². The van der Waals surface area contributed by atoms with E-state index in [0.29, 0.717) is 11.3 Å². The number of thioether (sulfide) groups is 1. The molecule has 1 aliphatic carbocycles. The molecule has 4 heteroatoms. The molecule has 1 aliphatic heterocycles. The third-order valence-electron chi connectivity index (χ3n) is 4.57. The van der Waals surface area contributed by atoms with Crippen LogP contribution in [-0.4, -0.2) is 16.7 Å². The number of hydrogen-bond acceptors (Lipinski definition) is 4. The minimum atomic E-state index is -0.453. The second-order valence-electron chi connectivity index (χ2n) is 6.46. The second kappa shape index (κ2) is 5.99. The van der Waals surface area contributed by atoms with Gasteiger partial charge in [0, 0.05) is 11.3 Å². The molecule has 1 N–H and O–H groups in total. The molecule has 118 valence electrons. The quantitative estimate of drug-likeness (QED) is 0.795. The van der Waals surface area contributed by atoms with Crippen LogP contribution in [0, 0.1) is 13.8 Å². The Morgan fingerprint density at radius 3 is 2.59 bits per heavy atom. The largest absolute Gasteiger partial charge is 0.511 e. The van der Waals surface area contributed by atoms with Crippen molar-refractivity contribution < 1.29 is 14.6 Å². The molecule has 0 unspecified atom stereocenters. The van der Waals surface area contributed by atoms with Crippen LogP contribution >= 0.6 is 11.8 Å². The maximum atomic E-state index is 12.4. The third-order valence-corrected chi connectivity index (χ3v) is 5.83. The topological polar surface area (TPSA) is 46.5 Å². The van der Waals surface area contributed by atoms with Crippen LogP contribution in [0.5, 0.6) is 0 Å². The van der Waals surface area contributed by atoms with E-state index in [9.17, 15) is 9.90 Å². The maximum absolute atomic E-state index is 12.4. The lowest BCUT2D eigenvalue weighted by Gasteiger charge is -2.39. The molecule has 0 bridgehead atoms. The van der Waals surface area contributed by atoms with Crippen LogP contribution in [0.3, 0.4) is 0 Å². The first-order valence-corrected chi connectivity index (χ1v) is 8.71. The Bertz CT molecular complexity index is 627. The van der Waals surface area contributed by atoms with E-state index < -0.39 is 5.60 Å². The number of aliphatic hydroxyl groups excluding tert-OH is 1. The number of carbonyl (C=O) groups excluding carboxylic acids is 1. The molecule has 1 heterocycles. The number of carbonyl (C=O) groups is 1. The molecule has 0 radical (unpaired) electrons. The summed E-state index contributed by atoms with van der Waals surface area (Å²) in [5.74, 6) is -0.166. The molecule has 3 nitrogen and oxygen atoms in total. The van der Waals surface area contributed by atoms with Crippen molar-refractivity contribution >= 4 is 17.7 Å². The van der Waals surface area contributed by atoms with Crippen molar-refractivity contribution in [1.82, 2.24) is 0 Å². The summed E-state index contributed by atoms with van der Waals surface area (Å²) >= 11 is 1.32. The van der Waals surface area contributed by atoms with Crippen LogP contribution < -0.4 is 0 Å². The van der Waals surface area contributed by atoms with E-state index in [1.165, 1.54) is 18.2 Å². The number of aryl methyl sites for hydroxylation is 2. The van der Waals surface area contributed by atoms with E-state index in [2.05, 4.69) is 0 Å². The summed E-state index contributed by atoms with van der Waals surface area (Å²) < 4.78 is 5.76. The molecule has 0 saturated heterocycles. The fraction of sp³-hybridized carbons (Fsp3) is 0.500. The van der Waals surface area contributed by atoms with Gasteiger partial charge in [-0.15, -0.1) is 0 Å². The molecule has 1 fully saturated rings. The first kappa shape index (κ1) is 15.5. The minimum absolute atomic E-state index is 0.198. The Hall–Kier alpha value is -1.42. The molecule has 1 spiro atoms. The highest BCUT2D eigenvalue weighted by molar-refractivity contribution is 8.04. The molecule has 1 saturated carbocycles.